The Labute approximate surface area is 130 Å². The number of para-hydroxylation sites is 1. The van der Waals surface area contributed by atoms with Crippen molar-refractivity contribution in [3.8, 4) is 5.75 Å². The molecule has 0 atom stereocenters. The lowest BCUT2D eigenvalue weighted by Gasteiger charge is -2.29. The average Bonchev–Trinajstić information content (AvgIpc) is 2.88. The van der Waals surface area contributed by atoms with Gasteiger partial charge >= 0.3 is 0 Å². The molecule has 0 unspecified atom stereocenters. The highest BCUT2D eigenvalue weighted by atomic mass is 16.3. The lowest BCUT2D eigenvalue weighted by Crippen LogP contribution is -2.35. The standard InChI is InChI=1S/C17H21N3O2/c1-11(2)20-12(3)10-14(18-20)17(22)19-9-5-7-13-6-4-8-15(21)16(13)19/h4,6,8,10-11,21H,5,7,9H2,1-3H3. The normalized spacial score (nSPS) is 14.3. The van der Waals surface area contributed by atoms with Gasteiger partial charge in [-0.05, 0) is 51.3 Å². The van der Waals surface area contributed by atoms with Gasteiger partial charge in [-0.1, -0.05) is 12.1 Å². The van der Waals surface area contributed by atoms with E-state index in [9.17, 15) is 9.90 Å². The van der Waals surface area contributed by atoms with E-state index in [4.69, 9.17) is 0 Å². The van der Waals surface area contributed by atoms with E-state index in [2.05, 4.69) is 5.10 Å². The van der Waals surface area contributed by atoms with E-state index in [0.717, 1.165) is 24.1 Å². The van der Waals surface area contributed by atoms with E-state index < -0.39 is 0 Å². The SMILES string of the molecule is Cc1cc(C(=O)N2CCCc3cccc(O)c32)nn1C(C)C. The summed E-state index contributed by atoms with van der Waals surface area (Å²) in [6.07, 6.45) is 1.78. The van der Waals surface area contributed by atoms with Gasteiger partial charge in [0.15, 0.2) is 5.69 Å². The van der Waals surface area contributed by atoms with Crippen LogP contribution >= 0.6 is 0 Å². The molecule has 5 heteroatoms. The molecule has 0 spiro atoms. The van der Waals surface area contributed by atoms with Crippen molar-refractivity contribution in [2.75, 3.05) is 11.4 Å². The molecule has 0 aliphatic carbocycles. The fourth-order valence-corrected chi connectivity index (χ4v) is 3.09. The maximum atomic E-state index is 12.8. The van der Waals surface area contributed by atoms with Gasteiger partial charge in [-0.3, -0.25) is 9.48 Å². The largest absolute Gasteiger partial charge is 0.506 e. The number of phenolic OH excluding ortho intramolecular Hbond substituents is 1. The van der Waals surface area contributed by atoms with Crippen LogP contribution in [0.3, 0.4) is 0 Å². The number of rotatable bonds is 2. The number of aromatic nitrogens is 2. The molecule has 116 valence electrons. The van der Waals surface area contributed by atoms with Crippen molar-refractivity contribution in [2.45, 2.75) is 39.7 Å². The summed E-state index contributed by atoms with van der Waals surface area (Å²) in [6, 6.07) is 7.44. The lowest BCUT2D eigenvalue weighted by molar-refractivity contribution is 0.0978. The van der Waals surface area contributed by atoms with Crippen LogP contribution in [-0.4, -0.2) is 27.3 Å². The van der Waals surface area contributed by atoms with Gasteiger partial charge in [-0.25, -0.2) is 0 Å². The number of anilines is 1. The van der Waals surface area contributed by atoms with Gasteiger partial charge in [0.05, 0.1) is 5.69 Å². The minimum absolute atomic E-state index is 0.148. The number of phenols is 1. The predicted molar refractivity (Wildman–Crippen MR) is 85.5 cm³/mol. The Bertz CT molecular complexity index is 719. The Morgan fingerprint density at radius 1 is 1.36 bits per heavy atom. The van der Waals surface area contributed by atoms with Crippen LogP contribution in [0.1, 0.15) is 48.1 Å². The summed E-state index contributed by atoms with van der Waals surface area (Å²) < 4.78 is 1.85. The molecule has 2 heterocycles. The summed E-state index contributed by atoms with van der Waals surface area (Å²) in [6.45, 7) is 6.63. The molecule has 0 fully saturated rings. The fourth-order valence-electron chi connectivity index (χ4n) is 3.09. The monoisotopic (exact) mass is 299 g/mol. The number of amides is 1. The van der Waals surface area contributed by atoms with E-state index >= 15 is 0 Å². The van der Waals surface area contributed by atoms with E-state index in [0.29, 0.717) is 17.9 Å². The highest BCUT2D eigenvalue weighted by Crippen LogP contribution is 2.36. The first-order valence-electron chi connectivity index (χ1n) is 7.68. The number of carbonyl (C=O) groups is 1. The molecule has 0 bridgehead atoms. The van der Waals surface area contributed by atoms with E-state index in [1.165, 1.54) is 0 Å². The van der Waals surface area contributed by atoms with Crippen molar-refractivity contribution < 1.29 is 9.90 Å². The van der Waals surface area contributed by atoms with Crippen LogP contribution in [0.15, 0.2) is 24.3 Å². The lowest BCUT2D eigenvalue weighted by atomic mass is 10.0. The number of benzene rings is 1. The van der Waals surface area contributed by atoms with E-state index in [1.807, 2.05) is 43.7 Å². The molecule has 0 radical (unpaired) electrons. The average molecular weight is 299 g/mol. The number of aryl methyl sites for hydroxylation is 2. The van der Waals surface area contributed by atoms with E-state index in [1.54, 1.807) is 11.0 Å². The molecular formula is C17H21N3O2. The van der Waals surface area contributed by atoms with Gasteiger partial charge in [0.2, 0.25) is 0 Å². The van der Waals surface area contributed by atoms with Crippen LogP contribution in [0.5, 0.6) is 5.75 Å². The quantitative estimate of drug-likeness (QED) is 0.927. The molecule has 0 saturated heterocycles. The number of hydrogen-bond acceptors (Lipinski definition) is 3. The van der Waals surface area contributed by atoms with Crippen molar-refractivity contribution in [3.05, 3.63) is 41.2 Å². The van der Waals surface area contributed by atoms with Gasteiger partial charge in [-0.15, -0.1) is 0 Å². The van der Waals surface area contributed by atoms with Crippen molar-refractivity contribution >= 4 is 11.6 Å². The van der Waals surface area contributed by atoms with Crippen molar-refractivity contribution in [3.63, 3.8) is 0 Å². The Kier molecular flexibility index (Phi) is 3.64. The molecule has 1 amide bonds. The number of nitrogens with zero attached hydrogens (tertiary/aromatic N) is 3. The highest BCUT2D eigenvalue weighted by Gasteiger charge is 2.28. The second kappa shape index (κ2) is 5.48. The van der Waals surface area contributed by atoms with E-state index in [-0.39, 0.29) is 17.7 Å². The maximum Gasteiger partial charge on any atom is 0.278 e. The number of hydrogen-bond donors (Lipinski definition) is 1. The van der Waals surface area contributed by atoms with Crippen LogP contribution in [0.25, 0.3) is 0 Å². The Balaban J connectivity index is 1.99. The zero-order chi connectivity index (χ0) is 15.9. The molecule has 5 nitrogen and oxygen atoms in total. The first kappa shape index (κ1) is 14.6. The smallest absolute Gasteiger partial charge is 0.278 e. The summed E-state index contributed by atoms with van der Waals surface area (Å²) in [5.41, 5.74) is 3.05. The van der Waals surface area contributed by atoms with Crippen LogP contribution in [0.4, 0.5) is 5.69 Å². The number of carbonyl (C=O) groups excluding carboxylic acids is 1. The van der Waals surface area contributed by atoms with Crippen LogP contribution in [-0.2, 0) is 6.42 Å². The molecule has 1 aromatic heterocycles. The summed E-state index contributed by atoms with van der Waals surface area (Å²) >= 11 is 0. The molecule has 1 N–H and O–H groups in total. The summed E-state index contributed by atoms with van der Waals surface area (Å²) in [4.78, 5) is 14.5. The molecular weight excluding hydrogens is 278 g/mol. The third kappa shape index (κ3) is 2.36. The zero-order valence-corrected chi connectivity index (χ0v) is 13.2. The van der Waals surface area contributed by atoms with Crippen molar-refractivity contribution in [1.29, 1.82) is 0 Å². The van der Waals surface area contributed by atoms with Gasteiger partial charge in [-0.2, -0.15) is 5.10 Å². The summed E-state index contributed by atoms with van der Waals surface area (Å²) in [7, 11) is 0. The first-order chi connectivity index (χ1) is 10.5. The fraction of sp³-hybridized carbons (Fsp3) is 0.412. The van der Waals surface area contributed by atoms with Crippen molar-refractivity contribution in [1.82, 2.24) is 9.78 Å². The molecule has 2 aromatic rings. The zero-order valence-electron chi connectivity index (χ0n) is 13.2. The molecule has 22 heavy (non-hydrogen) atoms. The van der Waals surface area contributed by atoms with Gasteiger partial charge < -0.3 is 10.0 Å². The third-order valence-corrected chi connectivity index (χ3v) is 4.07. The van der Waals surface area contributed by atoms with Crippen molar-refractivity contribution in [2.24, 2.45) is 0 Å². The van der Waals surface area contributed by atoms with Crippen LogP contribution in [0.2, 0.25) is 0 Å². The first-order valence-corrected chi connectivity index (χ1v) is 7.68. The Hall–Kier alpha value is -2.30. The third-order valence-electron chi connectivity index (χ3n) is 4.07. The number of aromatic hydroxyl groups is 1. The van der Waals surface area contributed by atoms with Crippen LogP contribution in [0, 0.1) is 6.92 Å². The summed E-state index contributed by atoms with van der Waals surface area (Å²) in [5, 5.41) is 14.6. The predicted octanol–water partition coefficient (Wildman–Crippen LogP) is 3.07. The molecule has 1 aromatic carbocycles. The molecule has 3 rings (SSSR count). The topological polar surface area (TPSA) is 58.4 Å². The molecule has 1 aliphatic rings. The van der Waals surface area contributed by atoms with Gasteiger partial charge in [0.1, 0.15) is 5.75 Å². The Morgan fingerprint density at radius 3 is 2.82 bits per heavy atom. The van der Waals surface area contributed by atoms with Crippen LogP contribution < -0.4 is 4.90 Å². The molecule has 1 aliphatic heterocycles. The Morgan fingerprint density at radius 2 is 2.14 bits per heavy atom. The second-order valence-electron chi connectivity index (χ2n) is 6.05. The second-order valence-corrected chi connectivity index (χ2v) is 6.05. The highest BCUT2D eigenvalue weighted by molar-refractivity contribution is 6.06. The van der Waals surface area contributed by atoms with Gasteiger partial charge in [0.25, 0.3) is 5.91 Å². The molecule has 0 saturated carbocycles. The number of fused-ring (bicyclic) bond motifs is 1. The minimum Gasteiger partial charge on any atom is -0.506 e. The summed E-state index contributed by atoms with van der Waals surface area (Å²) in [5.74, 6) is 0.00974. The maximum absolute atomic E-state index is 12.8. The minimum atomic E-state index is -0.148. The van der Waals surface area contributed by atoms with Gasteiger partial charge in [0, 0.05) is 18.3 Å².